The normalized spacial score (nSPS) is 12.0. The lowest BCUT2D eigenvalue weighted by molar-refractivity contribution is 1.15. The number of aromatic amines is 3. The van der Waals surface area contributed by atoms with Gasteiger partial charge in [0.1, 0.15) is 11.0 Å². The number of hydrogen-bond acceptors (Lipinski definition) is 6. The molecule has 0 aliphatic carbocycles. The van der Waals surface area contributed by atoms with Gasteiger partial charge < -0.3 is 9.97 Å². The molecule has 0 radical (unpaired) electrons. The summed E-state index contributed by atoms with van der Waals surface area (Å²) in [6.45, 7) is 0. The first kappa shape index (κ1) is 15.8. The van der Waals surface area contributed by atoms with E-state index in [-0.39, 0.29) is 0 Å². The summed E-state index contributed by atoms with van der Waals surface area (Å²) in [4.78, 5) is 26.4. The molecular weight excluding hydrogens is 396 g/mol. The second-order valence-electron chi connectivity index (χ2n) is 7.06. The van der Waals surface area contributed by atoms with Crippen molar-refractivity contribution >= 4 is 76.0 Å². The Bertz CT molecular complexity index is 1820. The number of H-pyrrole nitrogens is 3. The Kier molecular flexibility index (Phi) is 3.00. The van der Waals surface area contributed by atoms with Gasteiger partial charge in [-0.3, -0.25) is 10.1 Å². The quantitative estimate of drug-likeness (QED) is 0.335. The van der Waals surface area contributed by atoms with Crippen LogP contribution in [0, 0.1) is 0 Å². The second-order valence-corrected chi connectivity index (χ2v) is 8.14. The largest absolute Gasteiger partial charge is 0.346 e. The highest BCUT2D eigenvalue weighted by Crippen LogP contribution is 2.28. The van der Waals surface area contributed by atoms with E-state index in [1.807, 2.05) is 30.6 Å². The number of hydrogen-bond donors (Lipinski definition) is 3. The lowest BCUT2D eigenvalue weighted by Crippen LogP contribution is -1.81. The standard InChI is InChI=1S/C21H12N8S/c1-2-14-18-19(29-28-14)21-26-17-12(5-6-23-20(17)27-21)15-3-4-16(30-15)24-11-7-10(8-22-9-11)13(1)25-18/h1-9,24H,(H,28,29)(H,23,26,27). The van der Waals surface area contributed by atoms with Gasteiger partial charge in [-0.25, -0.2) is 15.0 Å². The molecule has 3 N–H and O–H groups in total. The zero-order valence-corrected chi connectivity index (χ0v) is 16.2. The van der Waals surface area contributed by atoms with Gasteiger partial charge in [-0.05, 0) is 36.4 Å². The Morgan fingerprint density at radius 1 is 0.833 bits per heavy atom. The molecule has 0 aliphatic heterocycles. The molecule has 7 aromatic rings. The lowest BCUT2D eigenvalue weighted by atomic mass is 10.2. The molecule has 0 aromatic carbocycles. The molecule has 0 aliphatic rings. The molecule has 0 atom stereocenters. The van der Waals surface area contributed by atoms with Crippen molar-refractivity contribution in [1.29, 1.82) is 0 Å². The molecule has 142 valence electrons. The topological polar surface area (TPSA) is 112 Å². The summed E-state index contributed by atoms with van der Waals surface area (Å²) in [5, 5.41) is 9.48. The van der Waals surface area contributed by atoms with Crippen LogP contribution >= 0.6 is 11.3 Å². The molecule has 8 bridgehead atoms. The molecule has 0 fully saturated rings. The summed E-state index contributed by atoms with van der Waals surface area (Å²) < 4.78 is 1.10. The number of nitrogens with one attached hydrogen (secondary N) is 3. The van der Waals surface area contributed by atoms with Gasteiger partial charge in [-0.15, -0.1) is 11.3 Å². The predicted octanol–water partition coefficient (Wildman–Crippen LogP) is 4.75. The van der Waals surface area contributed by atoms with Crippen LogP contribution in [0.4, 0.5) is 0 Å². The maximum absolute atomic E-state index is 4.87. The fourth-order valence-corrected chi connectivity index (χ4v) is 4.74. The van der Waals surface area contributed by atoms with E-state index >= 15 is 0 Å². The lowest BCUT2D eigenvalue weighted by Gasteiger charge is -1.95. The predicted molar refractivity (Wildman–Crippen MR) is 119 cm³/mol. The smallest absolute Gasteiger partial charge is 0.162 e. The first-order valence-corrected chi connectivity index (χ1v) is 10.2. The number of thiophene rings is 1. The highest BCUT2D eigenvalue weighted by atomic mass is 32.1. The summed E-state index contributed by atoms with van der Waals surface area (Å²) in [6.07, 6.45) is 5.42. The van der Waals surface area contributed by atoms with Gasteiger partial charge in [0.05, 0.1) is 27.6 Å². The summed E-state index contributed by atoms with van der Waals surface area (Å²) in [7, 11) is 0. The molecule has 0 unspecified atom stereocenters. The maximum atomic E-state index is 4.87. The van der Waals surface area contributed by atoms with E-state index in [1.165, 1.54) is 0 Å². The fourth-order valence-electron chi connectivity index (χ4n) is 3.79. The SMILES string of the molecule is c1cc2c3ccc([nH]c4cncc(c4)c4ccc5[nH]nc(c6nc2c(n1)[nH]6)c5n4)s3. The first-order chi connectivity index (χ1) is 14.8. The van der Waals surface area contributed by atoms with Gasteiger partial charge in [0, 0.05) is 27.9 Å². The van der Waals surface area contributed by atoms with Crippen molar-refractivity contribution in [3.8, 4) is 0 Å². The minimum absolute atomic E-state index is 0.637. The molecule has 0 saturated carbocycles. The van der Waals surface area contributed by atoms with Crippen LogP contribution in [0.2, 0.25) is 0 Å². The number of imidazole rings is 1. The highest BCUT2D eigenvalue weighted by Gasteiger charge is 2.11. The van der Waals surface area contributed by atoms with Gasteiger partial charge >= 0.3 is 0 Å². The van der Waals surface area contributed by atoms with E-state index in [1.54, 1.807) is 17.5 Å². The summed E-state index contributed by atoms with van der Waals surface area (Å²) >= 11 is 1.66. The number of pyridine rings is 3. The third-order valence-electron chi connectivity index (χ3n) is 5.19. The minimum Gasteiger partial charge on any atom is -0.346 e. The summed E-state index contributed by atoms with van der Waals surface area (Å²) in [5.41, 5.74) is 6.15. The third-order valence-corrected chi connectivity index (χ3v) is 6.22. The minimum atomic E-state index is 0.637. The molecule has 30 heavy (non-hydrogen) atoms. The maximum Gasteiger partial charge on any atom is 0.162 e. The van der Waals surface area contributed by atoms with E-state index in [4.69, 9.17) is 9.97 Å². The molecular formula is C21H12N8S. The van der Waals surface area contributed by atoms with Crippen LogP contribution in [-0.2, 0) is 0 Å². The van der Waals surface area contributed by atoms with Gasteiger partial charge in [-0.2, -0.15) is 5.10 Å². The van der Waals surface area contributed by atoms with E-state index in [0.717, 1.165) is 53.5 Å². The van der Waals surface area contributed by atoms with Crippen molar-refractivity contribution in [3.63, 3.8) is 0 Å². The number of aromatic nitrogens is 8. The first-order valence-electron chi connectivity index (χ1n) is 9.35. The molecule has 0 amide bonds. The van der Waals surface area contributed by atoms with Crippen LogP contribution in [0.1, 0.15) is 0 Å². The van der Waals surface area contributed by atoms with Crippen LogP contribution in [0.25, 0.3) is 64.7 Å². The average molecular weight is 408 g/mol. The van der Waals surface area contributed by atoms with Gasteiger partial charge in [0.25, 0.3) is 0 Å². The van der Waals surface area contributed by atoms with Crippen LogP contribution in [0.3, 0.4) is 0 Å². The monoisotopic (exact) mass is 408 g/mol. The van der Waals surface area contributed by atoms with Crippen LogP contribution < -0.4 is 0 Å². The van der Waals surface area contributed by atoms with Crippen LogP contribution in [-0.4, -0.2) is 40.1 Å². The van der Waals surface area contributed by atoms with Crippen LogP contribution in [0.15, 0.2) is 55.0 Å². The molecule has 7 heterocycles. The molecule has 7 rings (SSSR count). The average Bonchev–Trinajstić information content (AvgIpc) is 3.50. The Labute approximate surface area is 171 Å². The summed E-state index contributed by atoms with van der Waals surface area (Å²) in [6, 6.07) is 12.1. The number of rotatable bonds is 0. The van der Waals surface area contributed by atoms with Crippen molar-refractivity contribution in [3.05, 3.63) is 55.0 Å². The number of fused-ring (bicyclic) bond motifs is 9. The Morgan fingerprint density at radius 3 is 2.83 bits per heavy atom. The molecule has 7 aromatic heterocycles. The third kappa shape index (κ3) is 2.23. The zero-order chi connectivity index (χ0) is 19.7. The second kappa shape index (κ2) is 5.71. The van der Waals surface area contributed by atoms with E-state index in [9.17, 15) is 0 Å². The van der Waals surface area contributed by atoms with Crippen LogP contribution in [0.5, 0.6) is 0 Å². The van der Waals surface area contributed by atoms with Crippen molar-refractivity contribution in [1.82, 2.24) is 40.1 Å². The highest BCUT2D eigenvalue weighted by molar-refractivity contribution is 7.23. The Hall–Kier alpha value is -4.11. The molecule has 0 spiro atoms. The van der Waals surface area contributed by atoms with Crippen molar-refractivity contribution < 1.29 is 0 Å². The van der Waals surface area contributed by atoms with Gasteiger partial charge in [0.15, 0.2) is 16.8 Å². The van der Waals surface area contributed by atoms with Gasteiger partial charge in [0.2, 0.25) is 0 Å². The summed E-state index contributed by atoms with van der Waals surface area (Å²) in [5.74, 6) is 0. The molecule has 8 nitrogen and oxygen atoms in total. The van der Waals surface area contributed by atoms with Crippen molar-refractivity contribution in [2.45, 2.75) is 0 Å². The van der Waals surface area contributed by atoms with Crippen molar-refractivity contribution in [2.75, 3.05) is 0 Å². The van der Waals surface area contributed by atoms with E-state index in [2.05, 4.69) is 48.3 Å². The molecule has 9 heteroatoms. The van der Waals surface area contributed by atoms with E-state index < -0.39 is 0 Å². The Balaban J connectivity index is 1.80. The zero-order valence-electron chi connectivity index (χ0n) is 15.3. The van der Waals surface area contributed by atoms with E-state index in [0.29, 0.717) is 11.2 Å². The molecule has 0 saturated heterocycles. The Morgan fingerprint density at radius 2 is 1.83 bits per heavy atom. The van der Waals surface area contributed by atoms with Crippen molar-refractivity contribution in [2.24, 2.45) is 0 Å². The van der Waals surface area contributed by atoms with Gasteiger partial charge in [-0.1, -0.05) is 0 Å². The fraction of sp³-hybridized carbons (Fsp3) is 0. The number of nitrogens with zero attached hydrogens (tertiary/aromatic N) is 5.